The summed E-state index contributed by atoms with van der Waals surface area (Å²) in [5, 5.41) is 5.15. The number of aliphatic imine (C=N–C) groups is 1. The summed E-state index contributed by atoms with van der Waals surface area (Å²) in [7, 11) is 0. The zero-order valence-corrected chi connectivity index (χ0v) is 23.6. The van der Waals surface area contributed by atoms with Crippen molar-refractivity contribution >= 4 is 23.3 Å². The van der Waals surface area contributed by atoms with Crippen LogP contribution in [0.3, 0.4) is 0 Å². The van der Waals surface area contributed by atoms with Crippen LogP contribution in [0.4, 0.5) is 4.79 Å². The molecule has 0 saturated heterocycles. The van der Waals surface area contributed by atoms with Crippen LogP contribution in [0.1, 0.15) is 85.6 Å². The summed E-state index contributed by atoms with van der Waals surface area (Å²) >= 11 is 1.67. The molecule has 0 saturated carbocycles. The molecule has 1 aromatic heterocycles. The Morgan fingerprint density at radius 3 is 2.44 bits per heavy atom. The molecule has 1 heterocycles. The number of amidine groups is 1. The molecule has 1 rings (SSSR count). The highest BCUT2D eigenvalue weighted by Gasteiger charge is 2.22. The Bertz CT molecular complexity index is 753. The van der Waals surface area contributed by atoms with Crippen LogP contribution in [0.15, 0.2) is 34.8 Å². The highest BCUT2D eigenvalue weighted by atomic mass is 32.1. The van der Waals surface area contributed by atoms with Crippen molar-refractivity contribution in [3.8, 4) is 0 Å². The summed E-state index contributed by atoms with van der Waals surface area (Å²) in [4.78, 5) is 23.0. The molecule has 1 atom stereocenters. The fraction of sp³-hybridized carbons (Fsp3) is 0.704. The van der Waals surface area contributed by atoms with Crippen molar-refractivity contribution in [3.05, 3.63) is 34.7 Å². The van der Waals surface area contributed by atoms with Gasteiger partial charge in [-0.1, -0.05) is 33.4 Å². The van der Waals surface area contributed by atoms with Gasteiger partial charge in [-0.15, -0.1) is 11.3 Å². The summed E-state index contributed by atoms with van der Waals surface area (Å²) in [6, 6.07) is 4.07. The SMILES string of the molecule is C=C(C(C)C)N(CCCN(CCC)CCC(NC(=O)OC(C)(C)C)c1cccs1)C(C)=NCC. The first-order valence-electron chi connectivity index (χ1n) is 12.7. The molecule has 34 heavy (non-hydrogen) atoms. The van der Waals surface area contributed by atoms with Crippen molar-refractivity contribution in [2.75, 3.05) is 32.7 Å². The maximum Gasteiger partial charge on any atom is 0.408 e. The van der Waals surface area contributed by atoms with Gasteiger partial charge in [0.05, 0.1) is 11.9 Å². The van der Waals surface area contributed by atoms with E-state index >= 15 is 0 Å². The molecular formula is C27H48N4O2S. The minimum absolute atomic E-state index is 0.0506. The van der Waals surface area contributed by atoms with Crippen LogP contribution >= 0.6 is 11.3 Å². The molecule has 0 fully saturated rings. The van der Waals surface area contributed by atoms with Crippen molar-refractivity contribution in [2.24, 2.45) is 10.9 Å². The van der Waals surface area contributed by atoms with Crippen LogP contribution in [-0.4, -0.2) is 60.1 Å². The lowest BCUT2D eigenvalue weighted by atomic mass is 10.1. The minimum atomic E-state index is -0.511. The zero-order chi connectivity index (χ0) is 25.7. The number of carbonyl (C=O) groups excluding carboxylic acids is 1. The number of thiophene rings is 1. The average molecular weight is 493 g/mol. The molecule has 1 N–H and O–H groups in total. The van der Waals surface area contributed by atoms with Gasteiger partial charge in [0.25, 0.3) is 0 Å². The second-order valence-electron chi connectivity index (χ2n) is 10.0. The fourth-order valence-corrected chi connectivity index (χ4v) is 4.59. The van der Waals surface area contributed by atoms with Gasteiger partial charge in [0.2, 0.25) is 0 Å². The summed E-state index contributed by atoms with van der Waals surface area (Å²) in [5.74, 6) is 1.43. The first-order valence-corrected chi connectivity index (χ1v) is 13.6. The minimum Gasteiger partial charge on any atom is -0.444 e. The maximum atomic E-state index is 12.5. The Morgan fingerprint density at radius 1 is 1.21 bits per heavy atom. The van der Waals surface area contributed by atoms with Gasteiger partial charge in [-0.3, -0.25) is 4.99 Å². The third-order valence-electron chi connectivity index (χ3n) is 5.50. The molecule has 0 aliphatic heterocycles. The van der Waals surface area contributed by atoms with Crippen molar-refractivity contribution in [3.63, 3.8) is 0 Å². The van der Waals surface area contributed by atoms with Crippen LogP contribution in [0.5, 0.6) is 0 Å². The molecular weight excluding hydrogens is 444 g/mol. The van der Waals surface area contributed by atoms with E-state index < -0.39 is 5.60 Å². The topological polar surface area (TPSA) is 57.2 Å². The first kappa shape index (κ1) is 30.2. The number of hydrogen-bond donors (Lipinski definition) is 1. The lowest BCUT2D eigenvalue weighted by Crippen LogP contribution is -2.37. The molecule has 0 aromatic carbocycles. The predicted molar refractivity (Wildman–Crippen MR) is 147 cm³/mol. The van der Waals surface area contributed by atoms with Crippen LogP contribution in [0.2, 0.25) is 0 Å². The molecule has 0 aliphatic carbocycles. The number of alkyl carbamates (subject to hydrolysis) is 1. The number of nitrogens with one attached hydrogen (secondary N) is 1. The summed E-state index contributed by atoms with van der Waals surface area (Å²) < 4.78 is 5.51. The number of amides is 1. The van der Waals surface area contributed by atoms with E-state index in [2.05, 4.69) is 72.8 Å². The largest absolute Gasteiger partial charge is 0.444 e. The van der Waals surface area contributed by atoms with Gasteiger partial charge < -0.3 is 19.9 Å². The number of rotatable bonds is 14. The van der Waals surface area contributed by atoms with Gasteiger partial charge in [0.1, 0.15) is 5.60 Å². The van der Waals surface area contributed by atoms with Crippen LogP contribution in [-0.2, 0) is 4.74 Å². The van der Waals surface area contributed by atoms with E-state index in [1.807, 2.05) is 26.8 Å². The normalized spacial score (nSPS) is 13.3. The van der Waals surface area contributed by atoms with Crippen LogP contribution < -0.4 is 5.32 Å². The van der Waals surface area contributed by atoms with E-state index in [4.69, 9.17) is 4.74 Å². The predicted octanol–water partition coefficient (Wildman–Crippen LogP) is 6.72. The second kappa shape index (κ2) is 15.2. The molecule has 0 spiro atoms. The number of nitrogens with zero attached hydrogens (tertiary/aromatic N) is 3. The molecule has 0 aliphatic rings. The van der Waals surface area contributed by atoms with Crippen LogP contribution in [0.25, 0.3) is 0 Å². The Morgan fingerprint density at radius 2 is 1.91 bits per heavy atom. The van der Waals surface area contributed by atoms with E-state index in [1.165, 1.54) is 0 Å². The molecule has 1 unspecified atom stereocenters. The highest BCUT2D eigenvalue weighted by molar-refractivity contribution is 7.10. The molecule has 0 bridgehead atoms. The molecule has 1 amide bonds. The lowest BCUT2D eigenvalue weighted by molar-refractivity contribution is 0.0498. The van der Waals surface area contributed by atoms with E-state index in [0.717, 1.165) is 68.4 Å². The Hall–Kier alpha value is -1.86. The third-order valence-corrected chi connectivity index (χ3v) is 6.48. The third kappa shape index (κ3) is 11.5. The standard InChI is InChI=1S/C27H48N4O2S/c1-10-16-30(17-13-18-31(22(5)21(3)4)23(6)28-11-2)19-15-24(25-14-12-20-34-25)29-26(32)33-27(7,8)9/h12,14,20-21,24H,5,10-11,13,15-19H2,1-4,6-9H3,(H,29,32). The smallest absolute Gasteiger partial charge is 0.408 e. The zero-order valence-electron chi connectivity index (χ0n) is 22.8. The second-order valence-corrected chi connectivity index (χ2v) is 11.0. The summed E-state index contributed by atoms with van der Waals surface area (Å²) in [6.07, 6.45) is 2.62. The first-order chi connectivity index (χ1) is 16.0. The van der Waals surface area contributed by atoms with E-state index in [1.54, 1.807) is 11.3 Å². The molecule has 1 aromatic rings. The van der Waals surface area contributed by atoms with Gasteiger partial charge in [-0.2, -0.15) is 0 Å². The van der Waals surface area contributed by atoms with E-state index in [0.29, 0.717) is 5.92 Å². The highest BCUT2D eigenvalue weighted by Crippen LogP contribution is 2.23. The number of allylic oxidation sites excluding steroid dienone is 1. The number of ether oxygens (including phenoxy) is 1. The molecule has 194 valence electrons. The average Bonchev–Trinajstić information content (AvgIpc) is 3.27. The van der Waals surface area contributed by atoms with E-state index in [9.17, 15) is 4.79 Å². The number of carbonyl (C=O) groups is 1. The van der Waals surface area contributed by atoms with Crippen molar-refractivity contribution in [1.82, 2.24) is 15.1 Å². The summed E-state index contributed by atoms with van der Waals surface area (Å²) in [5.41, 5.74) is 0.611. The number of hydrogen-bond acceptors (Lipinski definition) is 5. The molecule has 6 nitrogen and oxygen atoms in total. The Kier molecular flexibility index (Phi) is 13.5. The lowest BCUT2D eigenvalue weighted by Gasteiger charge is -2.30. The van der Waals surface area contributed by atoms with Gasteiger partial charge in [-0.05, 0) is 84.3 Å². The Balaban J connectivity index is 2.76. The van der Waals surface area contributed by atoms with Crippen LogP contribution in [0, 0.1) is 5.92 Å². The van der Waals surface area contributed by atoms with Crippen molar-refractivity contribution in [1.29, 1.82) is 0 Å². The van der Waals surface area contributed by atoms with E-state index in [-0.39, 0.29) is 12.1 Å². The van der Waals surface area contributed by atoms with Crippen molar-refractivity contribution in [2.45, 2.75) is 86.3 Å². The quantitative estimate of drug-likeness (QED) is 0.231. The molecule has 7 heteroatoms. The fourth-order valence-electron chi connectivity index (χ4n) is 3.78. The maximum absolute atomic E-state index is 12.5. The van der Waals surface area contributed by atoms with Crippen molar-refractivity contribution < 1.29 is 9.53 Å². The Labute approximate surface area is 212 Å². The van der Waals surface area contributed by atoms with Gasteiger partial charge >= 0.3 is 6.09 Å². The monoisotopic (exact) mass is 492 g/mol. The summed E-state index contributed by atoms with van der Waals surface area (Å²) in [6.45, 7) is 25.4. The van der Waals surface area contributed by atoms with Gasteiger partial charge in [0.15, 0.2) is 0 Å². The van der Waals surface area contributed by atoms with Gasteiger partial charge in [-0.25, -0.2) is 4.79 Å². The molecule has 0 radical (unpaired) electrons. The van der Waals surface area contributed by atoms with Gasteiger partial charge in [0, 0.05) is 30.2 Å².